The van der Waals surface area contributed by atoms with Crippen LogP contribution >= 0.6 is 0 Å². The molecule has 0 aliphatic carbocycles. The third-order valence-electron chi connectivity index (χ3n) is 3.44. The molecule has 2 aromatic carbocycles. The molecule has 0 amide bonds. The Kier molecular flexibility index (Phi) is 4.70. The van der Waals surface area contributed by atoms with E-state index in [1.165, 1.54) is 0 Å². The van der Waals surface area contributed by atoms with E-state index in [0.29, 0.717) is 5.56 Å². The molecule has 4 nitrogen and oxygen atoms in total. The van der Waals surface area contributed by atoms with Crippen LogP contribution in [0.3, 0.4) is 0 Å². The van der Waals surface area contributed by atoms with Crippen LogP contribution in [0.15, 0.2) is 59.5 Å². The summed E-state index contributed by atoms with van der Waals surface area (Å²) in [5, 5.41) is 10.4. The van der Waals surface area contributed by atoms with E-state index in [0.717, 1.165) is 5.56 Å². The summed E-state index contributed by atoms with van der Waals surface area (Å²) in [6, 6.07) is 14.9. The van der Waals surface area contributed by atoms with Crippen LogP contribution in [-0.4, -0.2) is 19.1 Å². The second kappa shape index (κ2) is 6.20. The summed E-state index contributed by atoms with van der Waals surface area (Å²) < 4.78 is 27.7. The van der Waals surface area contributed by atoms with E-state index in [4.69, 9.17) is 0 Å². The van der Waals surface area contributed by atoms with E-state index >= 15 is 0 Å². The molecule has 0 aliphatic rings. The number of hydrogen-bond donors (Lipinski definition) is 2. The van der Waals surface area contributed by atoms with Gasteiger partial charge in [0.25, 0.3) is 0 Å². The highest BCUT2D eigenvalue weighted by atomic mass is 32.2. The summed E-state index contributed by atoms with van der Waals surface area (Å²) in [7, 11) is -3.72. The number of sulfonamides is 1. The maximum Gasteiger partial charge on any atom is 0.241 e. The molecule has 0 saturated carbocycles. The van der Waals surface area contributed by atoms with Crippen LogP contribution in [0.1, 0.15) is 31.0 Å². The van der Waals surface area contributed by atoms with E-state index < -0.39 is 21.7 Å². The first-order valence-electron chi connectivity index (χ1n) is 7.06. The van der Waals surface area contributed by atoms with Gasteiger partial charge >= 0.3 is 0 Å². The summed E-state index contributed by atoms with van der Waals surface area (Å²) in [5.41, 5.74) is 0.464. The summed E-state index contributed by atoms with van der Waals surface area (Å²) in [6.07, 6.45) is 0. The second-order valence-corrected chi connectivity index (χ2v) is 7.65. The Hall–Kier alpha value is -1.69. The Labute approximate surface area is 131 Å². The van der Waals surface area contributed by atoms with Crippen molar-refractivity contribution in [2.75, 3.05) is 0 Å². The Morgan fingerprint density at radius 2 is 1.55 bits per heavy atom. The Balaban J connectivity index is 2.37. The Morgan fingerprint density at radius 1 is 1.00 bits per heavy atom. The first-order chi connectivity index (χ1) is 10.2. The van der Waals surface area contributed by atoms with Gasteiger partial charge in [-0.05, 0) is 38.5 Å². The number of nitrogens with one attached hydrogen (secondary N) is 1. The zero-order chi connectivity index (χ0) is 16.4. The molecule has 0 unspecified atom stereocenters. The fourth-order valence-electron chi connectivity index (χ4n) is 2.21. The van der Waals surface area contributed by atoms with Gasteiger partial charge in [0.2, 0.25) is 10.0 Å². The lowest BCUT2D eigenvalue weighted by Crippen LogP contribution is -2.42. The fraction of sp³-hybridized carbons (Fsp3) is 0.294. The van der Waals surface area contributed by atoms with Crippen LogP contribution in [0.25, 0.3) is 0 Å². The molecule has 2 rings (SSSR count). The topological polar surface area (TPSA) is 66.4 Å². The van der Waals surface area contributed by atoms with Crippen molar-refractivity contribution in [3.05, 3.63) is 65.7 Å². The van der Waals surface area contributed by atoms with Crippen molar-refractivity contribution in [3.63, 3.8) is 0 Å². The van der Waals surface area contributed by atoms with Gasteiger partial charge in [-0.3, -0.25) is 0 Å². The standard InChI is InChI=1S/C17H21NO3S/c1-13-9-11-15(12-10-13)22(20,21)18-16(17(2,3)19)14-7-5-4-6-8-14/h4-12,16,18-19H,1-3H3/t16-/m1/s1. The van der Waals surface area contributed by atoms with Gasteiger partial charge in [-0.25, -0.2) is 13.1 Å². The minimum Gasteiger partial charge on any atom is -0.388 e. The zero-order valence-corrected chi connectivity index (χ0v) is 13.8. The highest BCUT2D eigenvalue weighted by Crippen LogP contribution is 2.27. The highest BCUT2D eigenvalue weighted by molar-refractivity contribution is 7.89. The van der Waals surface area contributed by atoms with Crippen molar-refractivity contribution >= 4 is 10.0 Å². The smallest absolute Gasteiger partial charge is 0.241 e. The van der Waals surface area contributed by atoms with Crippen LogP contribution in [0.4, 0.5) is 0 Å². The number of aliphatic hydroxyl groups is 1. The van der Waals surface area contributed by atoms with E-state index in [2.05, 4.69) is 4.72 Å². The lowest BCUT2D eigenvalue weighted by molar-refractivity contribution is 0.0455. The Bertz CT molecular complexity index is 717. The van der Waals surface area contributed by atoms with Crippen LogP contribution < -0.4 is 4.72 Å². The first-order valence-corrected chi connectivity index (χ1v) is 8.55. The molecule has 118 valence electrons. The Morgan fingerprint density at radius 3 is 2.05 bits per heavy atom. The van der Waals surface area contributed by atoms with Gasteiger partial charge in [0.05, 0.1) is 16.5 Å². The molecule has 2 N–H and O–H groups in total. The highest BCUT2D eigenvalue weighted by Gasteiger charge is 2.32. The monoisotopic (exact) mass is 319 g/mol. The van der Waals surface area contributed by atoms with Crippen molar-refractivity contribution in [3.8, 4) is 0 Å². The SMILES string of the molecule is Cc1ccc(S(=O)(=O)N[C@H](c2ccccc2)C(C)(C)O)cc1. The van der Waals surface area contributed by atoms with Crippen LogP contribution in [0.2, 0.25) is 0 Å². The van der Waals surface area contributed by atoms with Crippen molar-refractivity contribution < 1.29 is 13.5 Å². The molecular formula is C17H21NO3S. The van der Waals surface area contributed by atoms with Gasteiger partial charge in [-0.2, -0.15) is 0 Å². The van der Waals surface area contributed by atoms with Crippen LogP contribution in [0.5, 0.6) is 0 Å². The maximum absolute atomic E-state index is 12.6. The molecule has 0 bridgehead atoms. The first kappa shape index (κ1) is 16.7. The van der Waals surface area contributed by atoms with Gasteiger partial charge in [0.15, 0.2) is 0 Å². The lowest BCUT2D eigenvalue weighted by Gasteiger charge is -2.30. The average Bonchev–Trinajstić information content (AvgIpc) is 2.45. The van der Waals surface area contributed by atoms with Gasteiger partial charge in [-0.15, -0.1) is 0 Å². The molecule has 2 aromatic rings. The zero-order valence-electron chi connectivity index (χ0n) is 12.9. The van der Waals surface area contributed by atoms with Gasteiger partial charge in [0, 0.05) is 0 Å². The van der Waals surface area contributed by atoms with Crippen molar-refractivity contribution in [1.29, 1.82) is 0 Å². The maximum atomic E-state index is 12.6. The molecule has 0 heterocycles. The summed E-state index contributed by atoms with van der Waals surface area (Å²) in [4.78, 5) is 0.184. The van der Waals surface area contributed by atoms with Crippen LogP contribution in [0, 0.1) is 6.92 Å². The van der Waals surface area contributed by atoms with Gasteiger partial charge < -0.3 is 5.11 Å². The molecule has 22 heavy (non-hydrogen) atoms. The largest absolute Gasteiger partial charge is 0.388 e. The molecule has 0 spiro atoms. The molecule has 0 saturated heterocycles. The number of benzene rings is 2. The second-order valence-electron chi connectivity index (χ2n) is 5.93. The predicted octanol–water partition coefficient (Wildman–Crippen LogP) is 2.79. The minimum atomic E-state index is -3.72. The summed E-state index contributed by atoms with van der Waals surface area (Å²) in [5.74, 6) is 0. The minimum absolute atomic E-state index is 0.184. The number of hydrogen-bond acceptors (Lipinski definition) is 3. The number of aryl methyl sites for hydroxylation is 1. The van der Waals surface area contributed by atoms with Crippen molar-refractivity contribution in [1.82, 2.24) is 4.72 Å². The molecule has 1 atom stereocenters. The third kappa shape index (κ3) is 3.94. The number of rotatable bonds is 5. The van der Waals surface area contributed by atoms with E-state index in [-0.39, 0.29) is 4.90 Å². The van der Waals surface area contributed by atoms with Crippen LogP contribution in [-0.2, 0) is 10.0 Å². The fourth-order valence-corrected chi connectivity index (χ4v) is 3.57. The molecule has 0 radical (unpaired) electrons. The predicted molar refractivity (Wildman–Crippen MR) is 87.0 cm³/mol. The molecule has 0 aromatic heterocycles. The summed E-state index contributed by atoms with van der Waals surface area (Å²) in [6.45, 7) is 5.07. The molecule has 0 aliphatic heterocycles. The molecule has 5 heteroatoms. The van der Waals surface area contributed by atoms with E-state index in [9.17, 15) is 13.5 Å². The van der Waals surface area contributed by atoms with E-state index in [1.807, 2.05) is 25.1 Å². The van der Waals surface area contributed by atoms with Crippen molar-refractivity contribution in [2.24, 2.45) is 0 Å². The average molecular weight is 319 g/mol. The third-order valence-corrected chi connectivity index (χ3v) is 4.88. The lowest BCUT2D eigenvalue weighted by atomic mass is 9.93. The molecule has 0 fully saturated rings. The van der Waals surface area contributed by atoms with E-state index in [1.54, 1.807) is 50.2 Å². The normalized spacial score (nSPS) is 13.8. The summed E-state index contributed by atoms with van der Waals surface area (Å²) >= 11 is 0. The quantitative estimate of drug-likeness (QED) is 0.890. The van der Waals surface area contributed by atoms with Gasteiger partial charge in [0.1, 0.15) is 0 Å². The van der Waals surface area contributed by atoms with Crippen molar-refractivity contribution in [2.45, 2.75) is 37.3 Å². The molecular weight excluding hydrogens is 298 g/mol. The van der Waals surface area contributed by atoms with Gasteiger partial charge in [-0.1, -0.05) is 48.0 Å².